The smallest absolute Gasteiger partial charge is 0.251 e. The molecule has 122 valence electrons. The number of aromatic nitrogens is 2. The third-order valence-corrected chi connectivity index (χ3v) is 5.09. The van der Waals surface area contributed by atoms with E-state index >= 15 is 0 Å². The van der Waals surface area contributed by atoms with Gasteiger partial charge in [-0.15, -0.1) is 0 Å². The number of nitrogens with zero attached hydrogens (tertiary/aromatic N) is 2. The molecule has 0 radical (unpaired) electrons. The van der Waals surface area contributed by atoms with E-state index < -0.39 is 5.79 Å². The monoisotopic (exact) mass is 333 g/mol. The summed E-state index contributed by atoms with van der Waals surface area (Å²) in [5, 5.41) is 2.93. The van der Waals surface area contributed by atoms with E-state index in [-0.39, 0.29) is 12.0 Å². The van der Waals surface area contributed by atoms with Gasteiger partial charge in [0.25, 0.3) is 5.91 Å². The summed E-state index contributed by atoms with van der Waals surface area (Å²) in [7, 11) is 0. The highest BCUT2D eigenvalue weighted by Crippen LogP contribution is 2.37. The fraction of sp³-hybridized carbons (Fsp3) is 0.562. The summed E-state index contributed by atoms with van der Waals surface area (Å²) in [6, 6.07) is 5.36. The molecule has 1 saturated heterocycles. The highest BCUT2D eigenvalue weighted by Gasteiger charge is 2.42. The van der Waals surface area contributed by atoms with Crippen molar-refractivity contribution in [2.45, 2.75) is 44.0 Å². The van der Waals surface area contributed by atoms with Gasteiger partial charge in [0.2, 0.25) is 0 Å². The van der Waals surface area contributed by atoms with Crippen LogP contribution in [0.1, 0.15) is 42.5 Å². The summed E-state index contributed by atoms with van der Waals surface area (Å²) in [4.78, 5) is 12.3. The lowest BCUT2D eigenvalue weighted by atomic mass is 9.94. The molecule has 1 atom stereocenters. The zero-order chi connectivity index (χ0) is 15.7. The summed E-state index contributed by atoms with van der Waals surface area (Å²) in [5.74, 6) is -0.508. The van der Waals surface area contributed by atoms with E-state index in [1.807, 2.05) is 6.07 Å². The van der Waals surface area contributed by atoms with Gasteiger partial charge in [0.1, 0.15) is 17.1 Å². The first-order valence-electron chi connectivity index (χ1n) is 8.06. The lowest BCUT2D eigenvalue weighted by Gasteiger charge is -2.31. The molecule has 1 aliphatic carbocycles. The second-order valence-electron chi connectivity index (χ2n) is 6.20. The Morgan fingerprint density at radius 3 is 2.96 bits per heavy atom. The number of hydrogen-bond donors (Lipinski definition) is 1. The molecule has 0 bridgehead atoms. The van der Waals surface area contributed by atoms with Crippen molar-refractivity contribution in [1.29, 1.82) is 0 Å². The second kappa shape index (κ2) is 6.14. The average molecular weight is 333 g/mol. The summed E-state index contributed by atoms with van der Waals surface area (Å²) in [6.07, 6.45) is 5.42. The van der Waals surface area contributed by atoms with E-state index in [0.29, 0.717) is 18.7 Å². The molecule has 2 aromatic rings. The van der Waals surface area contributed by atoms with Gasteiger partial charge in [0.05, 0.1) is 18.3 Å². The first-order valence-corrected chi connectivity index (χ1v) is 8.79. The normalized spacial score (nSPS) is 23.4. The molecular weight excluding hydrogens is 314 g/mol. The van der Waals surface area contributed by atoms with Crippen LogP contribution in [0.25, 0.3) is 11.0 Å². The number of hydrogen-bond acceptors (Lipinski definition) is 6. The Kier molecular flexibility index (Phi) is 4.00. The van der Waals surface area contributed by atoms with Crippen LogP contribution in [0.2, 0.25) is 0 Å². The van der Waals surface area contributed by atoms with Crippen LogP contribution in [0.15, 0.2) is 18.2 Å². The molecule has 23 heavy (non-hydrogen) atoms. The summed E-state index contributed by atoms with van der Waals surface area (Å²) in [6.45, 7) is 1.02. The molecule has 2 fully saturated rings. The largest absolute Gasteiger partial charge is 0.349 e. The molecule has 1 aromatic heterocycles. The number of fused-ring (bicyclic) bond motifs is 1. The number of carbonyl (C=O) groups is 1. The molecule has 1 saturated carbocycles. The SMILES string of the molecule is O=C(NC[C@H]1COC2(CCCCC2)O1)c1ccc2nsnc2c1. The van der Waals surface area contributed by atoms with Crippen molar-refractivity contribution in [3.63, 3.8) is 0 Å². The number of carbonyl (C=O) groups excluding carboxylic acids is 1. The lowest BCUT2D eigenvalue weighted by molar-refractivity contribution is -0.186. The number of benzene rings is 1. The third-order valence-electron chi connectivity index (χ3n) is 4.54. The van der Waals surface area contributed by atoms with Gasteiger partial charge in [-0.1, -0.05) is 6.42 Å². The Bertz CT molecular complexity index is 711. The van der Waals surface area contributed by atoms with Crippen molar-refractivity contribution in [3.05, 3.63) is 23.8 Å². The Hall–Kier alpha value is -1.57. The maximum Gasteiger partial charge on any atom is 0.251 e. The molecule has 7 heteroatoms. The third kappa shape index (κ3) is 3.08. The van der Waals surface area contributed by atoms with E-state index in [9.17, 15) is 4.79 Å². The lowest BCUT2D eigenvalue weighted by Crippen LogP contribution is -2.37. The Labute approximate surface area is 138 Å². The maximum absolute atomic E-state index is 12.3. The van der Waals surface area contributed by atoms with Gasteiger partial charge in [-0.25, -0.2) is 0 Å². The summed E-state index contributed by atoms with van der Waals surface area (Å²) in [5.41, 5.74) is 2.17. The van der Waals surface area contributed by atoms with Gasteiger partial charge in [-0.3, -0.25) is 4.79 Å². The van der Waals surface area contributed by atoms with Crippen LogP contribution in [0.3, 0.4) is 0 Å². The number of rotatable bonds is 3. The number of ether oxygens (including phenoxy) is 2. The Morgan fingerprint density at radius 1 is 1.26 bits per heavy atom. The van der Waals surface area contributed by atoms with Crippen molar-refractivity contribution >= 4 is 28.7 Å². The van der Waals surface area contributed by atoms with Crippen LogP contribution in [0, 0.1) is 0 Å². The van der Waals surface area contributed by atoms with E-state index in [0.717, 1.165) is 48.4 Å². The maximum atomic E-state index is 12.3. The van der Waals surface area contributed by atoms with Gasteiger partial charge in [-0.05, 0) is 31.0 Å². The van der Waals surface area contributed by atoms with Crippen molar-refractivity contribution in [2.75, 3.05) is 13.2 Å². The molecule has 2 aliphatic rings. The van der Waals surface area contributed by atoms with Crippen LogP contribution in [0.5, 0.6) is 0 Å². The quantitative estimate of drug-likeness (QED) is 0.934. The number of nitrogens with one attached hydrogen (secondary N) is 1. The Morgan fingerprint density at radius 2 is 2.09 bits per heavy atom. The number of amides is 1. The molecule has 2 heterocycles. The van der Waals surface area contributed by atoms with E-state index in [1.54, 1.807) is 12.1 Å². The molecule has 4 rings (SSSR count). The molecule has 1 aliphatic heterocycles. The fourth-order valence-corrected chi connectivity index (χ4v) is 3.82. The fourth-order valence-electron chi connectivity index (χ4n) is 3.30. The van der Waals surface area contributed by atoms with Gasteiger partial charge >= 0.3 is 0 Å². The predicted molar refractivity (Wildman–Crippen MR) is 86.4 cm³/mol. The topological polar surface area (TPSA) is 73.3 Å². The van der Waals surface area contributed by atoms with Crippen LogP contribution in [-0.4, -0.2) is 39.7 Å². The zero-order valence-corrected chi connectivity index (χ0v) is 13.6. The molecule has 0 unspecified atom stereocenters. The van der Waals surface area contributed by atoms with Gasteiger partial charge in [0.15, 0.2) is 5.79 Å². The second-order valence-corrected chi connectivity index (χ2v) is 6.73. The van der Waals surface area contributed by atoms with Crippen molar-refractivity contribution < 1.29 is 14.3 Å². The van der Waals surface area contributed by atoms with Crippen molar-refractivity contribution in [1.82, 2.24) is 14.1 Å². The minimum atomic E-state index is -0.390. The van der Waals surface area contributed by atoms with Crippen LogP contribution < -0.4 is 5.32 Å². The summed E-state index contributed by atoms with van der Waals surface area (Å²) < 4.78 is 20.3. The zero-order valence-electron chi connectivity index (χ0n) is 12.8. The standard InChI is InChI=1S/C16H19N3O3S/c20-15(11-4-5-13-14(8-11)19-23-18-13)17-9-12-10-21-16(22-12)6-2-1-3-7-16/h4-5,8,12H,1-3,6-7,9-10H2,(H,17,20)/t12-/m0/s1. The Balaban J connectivity index is 1.34. The van der Waals surface area contributed by atoms with E-state index in [1.165, 1.54) is 6.42 Å². The van der Waals surface area contributed by atoms with Crippen LogP contribution in [0.4, 0.5) is 0 Å². The molecule has 1 spiro atoms. The molecular formula is C16H19N3O3S. The van der Waals surface area contributed by atoms with Crippen LogP contribution >= 0.6 is 11.7 Å². The van der Waals surface area contributed by atoms with Gasteiger partial charge < -0.3 is 14.8 Å². The van der Waals surface area contributed by atoms with Crippen molar-refractivity contribution in [3.8, 4) is 0 Å². The molecule has 1 aromatic carbocycles. The molecule has 1 N–H and O–H groups in total. The highest BCUT2D eigenvalue weighted by molar-refractivity contribution is 7.00. The average Bonchev–Trinajstić information content (AvgIpc) is 3.20. The van der Waals surface area contributed by atoms with E-state index in [2.05, 4.69) is 14.1 Å². The molecule has 6 nitrogen and oxygen atoms in total. The summed E-state index contributed by atoms with van der Waals surface area (Å²) >= 11 is 1.15. The van der Waals surface area contributed by atoms with E-state index in [4.69, 9.17) is 9.47 Å². The predicted octanol–water partition coefficient (Wildman–Crippen LogP) is 2.50. The van der Waals surface area contributed by atoms with Gasteiger partial charge in [-0.2, -0.15) is 8.75 Å². The first-order chi connectivity index (χ1) is 11.2. The minimum absolute atomic E-state index is 0.0679. The van der Waals surface area contributed by atoms with Gasteiger partial charge in [0, 0.05) is 24.9 Å². The minimum Gasteiger partial charge on any atom is -0.349 e. The van der Waals surface area contributed by atoms with Crippen LogP contribution in [-0.2, 0) is 9.47 Å². The molecule has 1 amide bonds. The van der Waals surface area contributed by atoms with Crippen molar-refractivity contribution in [2.24, 2.45) is 0 Å². The highest BCUT2D eigenvalue weighted by atomic mass is 32.1. The first kappa shape index (κ1) is 15.0.